The Hall–Kier alpha value is -4.55. The summed E-state index contributed by atoms with van der Waals surface area (Å²) >= 11 is 6.26. The number of nitrogens with zero attached hydrogens (tertiary/aromatic N) is 3. The first-order chi connectivity index (χ1) is 26.6. The fraction of sp³-hybridized carbons (Fsp3) is 0.512. The van der Waals surface area contributed by atoms with Crippen LogP contribution < -0.4 is 19.7 Å². The van der Waals surface area contributed by atoms with Gasteiger partial charge in [-0.25, -0.2) is 9.18 Å². The van der Waals surface area contributed by atoms with Crippen molar-refractivity contribution in [3.05, 3.63) is 82.1 Å². The molecule has 0 unspecified atom stereocenters. The highest BCUT2D eigenvalue weighted by Crippen LogP contribution is 2.44. The van der Waals surface area contributed by atoms with Crippen LogP contribution in [0.4, 0.5) is 20.6 Å². The van der Waals surface area contributed by atoms with Gasteiger partial charge in [-0.3, -0.25) is 14.5 Å². The quantitative estimate of drug-likeness (QED) is 0.161. The number of carbonyl (C=O) groups is 3. The summed E-state index contributed by atoms with van der Waals surface area (Å²) in [4.78, 5) is 44.0. The predicted octanol–water partition coefficient (Wildman–Crippen LogP) is 8.27. The number of amides is 2. The minimum Gasteiger partial charge on any atom is -0.493 e. The fourth-order valence-electron chi connectivity index (χ4n) is 7.43. The maximum atomic E-state index is 15.9. The number of ether oxygens (including phenoxy) is 4. The SMILES string of the molecule is COC(=O)CN(CCN(C)C(=O)OC(C)(C)C)[C@H]1CC[C@H](CNc2ccc(N3C(=O)Cc4cc(OC)c(OC(C)C)cc4[C@@H]3c3ccc(Cl)cc3)cc2F)CC1. The highest BCUT2D eigenvalue weighted by Gasteiger charge is 2.37. The van der Waals surface area contributed by atoms with Gasteiger partial charge in [0.05, 0.1) is 45.0 Å². The van der Waals surface area contributed by atoms with Crippen molar-refractivity contribution < 1.29 is 37.7 Å². The Balaban J connectivity index is 1.27. The molecule has 0 aromatic heterocycles. The van der Waals surface area contributed by atoms with Gasteiger partial charge in [-0.15, -0.1) is 0 Å². The number of benzene rings is 3. The average Bonchev–Trinajstić information content (AvgIpc) is 3.14. The van der Waals surface area contributed by atoms with Gasteiger partial charge in [0.2, 0.25) is 5.91 Å². The van der Waals surface area contributed by atoms with E-state index in [0.29, 0.717) is 53.4 Å². The summed E-state index contributed by atoms with van der Waals surface area (Å²) in [7, 11) is 4.64. The van der Waals surface area contributed by atoms with E-state index in [9.17, 15) is 14.4 Å². The molecule has 1 atom stereocenters. The molecular weight excluding hydrogens is 739 g/mol. The Labute approximate surface area is 335 Å². The van der Waals surface area contributed by atoms with Gasteiger partial charge in [0.15, 0.2) is 11.5 Å². The lowest BCUT2D eigenvalue weighted by molar-refractivity contribution is -0.142. The van der Waals surface area contributed by atoms with Crippen LogP contribution in [-0.2, 0) is 25.5 Å². The fourth-order valence-corrected chi connectivity index (χ4v) is 7.55. The molecule has 56 heavy (non-hydrogen) atoms. The second kappa shape index (κ2) is 18.6. The van der Waals surface area contributed by atoms with Crippen LogP contribution in [0.5, 0.6) is 11.5 Å². The van der Waals surface area contributed by atoms with E-state index in [1.165, 1.54) is 18.1 Å². The van der Waals surface area contributed by atoms with Gasteiger partial charge in [-0.05, 0) is 125 Å². The van der Waals surface area contributed by atoms with E-state index in [4.69, 9.17) is 30.5 Å². The van der Waals surface area contributed by atoms with Crippen molar-refractivity contribution in [2.75, 3.05) is 57.7 Å². The van der Waals surface area contributed by atoms with Gasteiger partial charge >= 0.3 is 12.1 Å². The zero-order chi connectivity index (χ0) is 40.7. The predicted molar refractivity (Wildman–Crippen MR) is 216 cm³/mol. The molecule has 5 rings (SSSR count). The van der Waals surface area contributed by atoms with Crippen molar-refractivity contribution in [3.63, 3.8) is 0 Å². The summed E-state index contributed by atoms with van der Waals surface area (Å²) in [5.74, 6) is 0.450. The smallest absolute Gasteiger partial charge is 0.410 e. The van der Waals surface area contributed by atoms with Crippen LogP contribution in [0.1, 0.15) is 83.0 Å². The molecule has 2 aliphatic rings. The summed E-state index contributed by atoms with van der Waals surface area (Å²) in [6, 6.07) is 15.6. The number of fused-ring (bicyclic) bond motifs is 1. The zero-order valence-corrected chi connectivity index (χ0v) is 34.6. The number of esters is 1. The molecule has 1 aliphatic carbocycles. The van der Waals surface area contributed by atoms with Crippen molar-refractivity contribution in [1.82, 2.24) is 9.80 Å². The first-order valence-electron chi connectivity index (χ1n) is 19.3. The van der Waals surface area contributed by atoms with Gasteiger partial charge in [-0.1, -0.05) is 23.7 Å². The lowest BCUT2D eigenvalue weighted by Crippen LogP contribution is -2.46. The number of carbonyl (C=O) groups excluding carboxylic acids is 3. The molecule has 1 heterocycles. The number of likely N-dealkylation sites (N-methyl/N-ethyl adjacent to an activating group) is 1. The minimum atomic E-state index is -0.599. The van der Waals surface area contributed by atoms with Gasteiger partial charge in [0.25, 0.3) is 0 Å². The molecular formula is C43H56ClFN4O7. The van der Waals surface area contributed by atoms with Crippen molar-refractivity contribution in [2.45, 2.75) is 90.5 Å². The Morgan fingerprint density at radius 2 is 1.68 bits per heavy atom. The highest BCUT2D eigenvalue weighted by molar-refractivity contribution is 6.30. The van der Waals surface area contributed by atoms with E-state index in [1.807, 2.05) is 58.9 Å². The van der Waals surface area contributed by atoms with Crippen molar-refractivity contribution >= 4 is 40.9 Å². The first-order valence-corrected chi connectivity index (χ1v) is 19.7. The zero-order valence-electron chi connectivity index (χ0n) is 33.8. The number of methoxy groups -OCH3 is 2. The molecule has 304 valence electrons. The summed E-state index contributed by atoms with van der Waals surface area (Å²) in [6.45, 7) is 11.0. The molecule has 2 amide bonds. The van der Waals surface area contributed by atoms with Crippen LogP contribution >= 0.6 is 11.6 Å². The van der Waals surface area contributed by atoms with E-state index in [-0.39, 0.29) is 37.0 Å². The van der Waals surface area contributed by atoms with Crippen LogP contribution in [0.3, 0.4) is 0 Å². The molecule has 1 saturated carbocycles. The average molecular weight is 795 g/mol. The lowest BCUT2D eigenvalue weighted by atomic mass is 9.85. The number of rotatable bonds is 14. The molecule has 3 aromatic rings. The van der Waals surface area contributed by atoms with Crippen LogP contribution in [0.25, 0.3) is 0 Å². The van der Waals surface area contributed by atoms with Crippen LogP contribution in [0.2, 0.25) is 5.02 Å². The second-order valence-electron chi connectivity index (χ2n) is 15.9. The largest absolute Gasteiger partial charge is 0.493 e. The van der Waals surface area contributed by atoms with E-state index >= 15 is 4.39 Å². The van der Waals surface area contributed by atoms with E-state index in [2.05, 4.69) is 10.2 Å². The normalized spacial score (nSPS) is 18.4. The highest BCUT2D eigenvalue weighted by atomic mass is 35.5. The lowest BCUT2D eigenvalue weighted by Gasteiger charge is -2.38. The van der Waals surface area contributed by atoms with Gasteiger partial charge in [0, 0.05) is 43.4 Å². The second-order valence-corrected chi connectivity index (χ2v) is 16.4. The molecule has 1 aliphatic heterocycles. The summed E-state index contributed by atoms with van der Waals surface area (Å²) < 4.78 is 38.1. The molecule has 13 heteroatoms. The van der Waals surface area contributed by atoms with Crippen LogP contribution in [0, 0.1) is 11.7 Å². The number of halogens is 2. The number of nitrogens with one attached hydrogen (secondary N) is 1. The number of hydrogen-bond donors (Lipinski definition) is 1. The Kier molecular flexibility index (Phi) is 14.1. The summed E-state index contributed by atoms with van der Waals surface area (Å²) in [5, 5.41) is 3.88. The third-order valence-electron chi connectivity index (χ3n) is 10.3. The Morgan fingerprint density at radius 1 is 0.982 bits per heavy atom. The maximum Gasteiger partial charge on any atom is 0.410 e. The number of anilines is 2. The Morgan fingerprint density at radius 3 is 2.29 bits per heavy atom. The monoisotopic (exact) mass is 794 g/mol. The number of hydrogen-bond acceptors (Lipinski definition) is 9. The molecule has 0 radical (unpaired) electrons. The summed E-state index contributed by atoms with van der Waals surface area (Å²) in [6.07, 6.45) is 3.06. The molecule has 3 aromatic carbocycles. The van der Waals surface area contributed by atoms with E-state index in [0.717, 1.165) is 42.4 Å². The van der Waals surface area contributed by atoms with E-state index in [1.54, 1.807) is 43.3 Å². The molecule has 0 bridgehead atoms. The molecule has 0 spiro atoms. The van der Waals surface area contributed by atoms with Crippen molar-refractivity contribution in [1.29, 1.82) is 0 Å². The molecule has 0 saturated heterocycles. The van der Waals surface area contributed by atoms with Gasteiger partial charge < -0.3 is 34.1 Å². The third-order valence-corrected chi connectivity index (χ3v) is 10.5. The molecule has 11 nitrogen and oxygen atoms in total. The molecule has 1 fully saturated rings. The van der Waals surface area contributed by atoms with Crippen molar-refractivity contribution in [3.8, 4) is 11.5 Å². The van der Waals surface area contributed by atoms with E-state index < -0.39 is 23.6 Å². The summed E-state index contributed by atoms with van der Waals surface area (Å²) in [5.41, 5.74) is 2.70. The molecule has 1 N–H and O–H groups in total. The van der Waals surface area contributed by atoms with Gasteiger partial charge in [-0.2, -0.15) is 0 Å². The first kappa shape index (κ1) is 42.6. The van der Waals surface area contributed by atoms with Crippen molar-refractivity contribution in [2.24, 2.45) is 5.92 Å². The van der Waals surface area contributed by atoms with Gasteiger partial charge in [0.1, 0.15) is 11.4 Å². The standard InChI is InChI=1S/C43H56ClFN4O7/c1-27(2)55-38-24-34-30(21-37(38)53-7)22-39(50)49(41(34)29-11-13-31(44)14-12-29)33-17-18-36(35(45)23-33)46-25-28-9-15-32(16-10-28)48(26-40(51)54-8)20-19-47(6)42(52)56-43(3,4)5/h11-14,17-18,21,23-24,27-28,32,41,46H,9-10,15-16,19-20,22,25-26H2,1-8H3/t28-,32-,41-/m0/s1. The van der Waals surface area contributed by atoms with Crippen LogP contribution in [-0.4, -0.2) is 93.0 Å². The maximum absolute atomic E-state index is 15.9. The third kappa shape index (κ3) is 10.8. The van der Waals surface area contributed by atoms with Crippen LogP contribution in [0.15, 0.2) is 54.6 Å². The Bertz CT molecular complexity index is 1840. The minimum absolute atomic E-state index is 0.104. The topological polar surface area (TPSA) is 110 Å².